The maximum Gasteiger partial charge on any atom is 0.138 e. The first-order chi connectivity index (χ1) is 10.3. The van der Waals surface area contributed by atoms with Crippen LogP contribution in [0, 0.1) is 11.8 Å². The number of rotatable bonds is 5. The largest absolute Gasteiger partial charge is 0.369 e. The van der Waals surface area contributed by atoms with Crippen LogP contribution in [-0.4, -0.2) is 22.4 Å². The van der Waals surface area contributed by atoms with Crippen LogP contribution in [0.4, 0.5) is 5.82 Å². The first kappa shape index (κ1) is 15.0. The Balaban J connectivity index is 1.74. The van der Waals surface area contributed by atoms with Crippen molar-refractivity contribution in [2.24, 2.45) is 11.8 Å². The topological polar surface area (TPSA) is 37.8 Å². The number of anilines is 1. The van der Waals surface area contributed by atoms with E-state index in [1.54, 1.807) is 17.7 Å². The fraction of sp³-hybridized carbons (Fsp3) is 0.625. The first-order valence-corrected chi connectivity index (χ1v) is 9.20. The molecule has 1 aliphatic rings. The summed E-state index contributed by atoms with van der Waals surface area (Å²) in [6, 6.07) is 2.22. The lowest BCUT2D eigenvalue weighted by molar-refractivity contribution is 0.272. The second kappa shape index (κ2) is 6.93. The number of thiophene rings is 1. The van der Waals surface area contributed by atoms with Gasteiger partial charge in [0.15, 0.2) is 0 Å². The number of hydrogen-bond acceptors (Lipinski definition) is 4. The summed E-state index contributed by atoms with van der Waals surface area (Å²) < 4.78 is 0. The molecule has 0 aliphatic heterocycles. The van der Waals surface area contributed by atoms with E-state index in [1.807, 2.05) is 0 Å². The van der Waals surface area contributed by atoms with Crippen molar-refractivity contribution in [1.82, 2.24) is 9.97 Å². The Morgan fingerprint density at radius 1 is 1.29 bits per heavy atom. The van der Waals surface area contributed by atoms with Crippen LogP contribution in [-0.2, 0) is 6.42 Å². The van der Waals surface area contributed by atoms with E-state index in [4.69, 9.17) is 11.6 Å². The van der Waals surface area contributed by atoms with E-state index >= 15 is 0 Å². The van der Waals surface area contributed by atoms with Gasteiger partial charge in [-0.05, 0) is 37.2 Å². The van der Waals surface area contributed by atoms with Crippen molar-refractivity contribution >= 4 is 39.0 Å². The third kappa shape index (κ3) is 3.32. The van der Waals surface area contributed by atoms with Crippen LogP contribution in [0.5, 0.6) is 0 Å². The van der Waals surface area contributed by atoms with Crippen LogP contribution in [0.3, 0.4) is 0 Å². The summed E-state index contributed by atoms with van der Waals surface area (Å²) in [6.07, 6.45) is 7.93. The van der Waals surface area contributed by atoms with Crippen LogP contribution >= 0.6 is 22.9 Å². The van der Waals surface area contributed by atoms with Gasteiger partial charge in [0.25, 0.3) is 0 Å². The summed E-state index contributed by atoms with van der Waals surface area (Å²) in [5.74, 6) is 3.09. The molecule has 1 saturated carbocycles. The second-order valence-corrected chi connectivity index (χ2v) is 7.27. The molecule has 5 heteroatoms. The molecule has 21 heavy (non-hydrogen) atoms. The number of halogens is 1. The van der Waals surface area contributed by atoms with Gasteiger partial charge in [0, 0.05) is 17.3 Å². The minimum atomic E-state index is 0.652. The summed E-state index contributed by atoms with van der Waals surface area (Å²) in [5.41, 5.74) is 0. The molecule has 2 aromatic rings. The maximum atomic E-state index is 6.12. The Morgan fingerprint density at radius 2 is 2.10 bits per heavy atom. The average Bonchev–Trinajstić information content (AvgIpc) is 2.97. The van der Waals surface area contributed by atoms with Gasteiger partial charge in [-0.3, -0.25) is 0 Å². The van der Waals surface area contributed by atoms with E-state index in [9.17, 15) is 0 Å². The van der Waals surface area contributed by atoms with Crippen LogP contribution in [0.15, 0.2) is 12.4 Å². The fourth-order valence-electron chi connectivity index (χ4n) is 3.20. The predicted octanol–water partition coefficient (Wildman–Crippen LogP) is 4.71. The number of hydrogen-bond donors (Lipinski definition) is 1. The fourth-order valence-corrected chi connectivity index (χ4v) is 4.55. The van der Waals surface area contributed by atoms with Gasteiger partial charge in [-0.1, -0.05) is 19.8 Å². The highest BCUT2D eigenvalue weighted by Crippen LogP contribution is 2.32. The van der Waals surface area contributed by atoms with Gasteiger partial charge in [-0.25, -0.2) is 9.97 Å². The quantitative estimate of drug-likeness (QED) is 0.810. The molecule has 2 unspecified atom stereocenters. The lowest BCUT2D eigenvalue weighted by Crippen LogP contribution is -2.27. The number of nitrogens with zero attached hydrogens (tertiary/aromatic N) is 2. The Kier molecular flexibility index (Phi) is 4.96. The van der Waals surface area contributed by atoms with Gasteiger partial charge in [0.05, 0.1) is 5.39 Å². The van der Waals surface area contributed by atoms with Crippen LogP contribution in [0.1, 0.15) is 37.5 Å². The molecule has 1 fully saturated rings. The zero-order valence-corrected chi connectivity index (χ0v) is 14.0. The highest BCUT2D eigenvalue weighted by Gasteiger charge is 2.24. The molecular weight excluding hydrogens is 302 g/mol. The van der Waals surface area contributed by atoms with E-state index in [-0.39, 0.29) is 0 Å². The Bertz CT molecular complexity index is 598. The molecule has 1 N–H and O–H groups in total. The minimum Gasteiger partial charge on any atom is -0.369 e. The maximum absolute atomic E-state index is 6.12. The molecule has 0 bridgehead atoms. The molecule has 2 aromatic heterocycles. The molecule has 114 valence electrons. The highest BCUT2D eigenvalue weighted by molar-refractivity contribution is 7.18. The van der Waals surface area contributed by atoms with Crippen LogP contribution in [0.2, 0.25) is 0 Å². The second-order valence-electron chi connectivity index (χ2n) is 5.85. The van der Waals surface area contributed by atoms with Gasteiger partial charge in [-0.15, -0.1) is 22.9 Å². The minimum absolute atomic E-state index is 0.652. The standard InChI is InChI=1S/C16H22ClN3S/c1-2-13-7-14-15(19-10-20-16(14)21-13)18-9-12-6-4-3-5-11(12)8-17/h7,10-12H,2-6,8-9H2,1H3,(H,18,19,20). The molecule has 3 nitrogen and oxygen atoms in total. The zero-order chi connectivity index (χ0) is 14.7. The van der Waals surface area contributed by atoms with Crippen molar-refractivity contribution in [3.63, 3.8) is 0 Å². The molecule has 0 aromatic carbocycles. The summed E-state index contributed by atoms with van der Waals surface area (Å²) in [4.78, 5) is 11.3. The van der Waals surface area contributed by atoms with Gasteiger partial charge in [-0.2, -0.15) is 0 Å². The molecular formula is C16H22ClN3S. The van der Waals surface area contributed by atoms with Gasteiger partial charge in [0.2, 0.25) is 0 Å². The lowest BCUT2D eigenvalue weighted by Gasteiger charge is -2.30. The highest BCUT2D eigenvalue weighted by atomic mass is 35.5. The predicted molar refractivity (Wildman–Crippen MR) is 91.5 cm³/mol. The summed E-state index contributed by atoms with van der Waals surface area (Å²) in [7, 11) is 0. The van der Waals surface area contributed by atoms with Gasteiger partial charge < -0.3 is 5.32 Å². The molecule has 0 spiro atoms. The summed E-state index contributed by atoms with van der Waals surface area (Å²) >= 11 is 7.89. The molecule has 2 atom stereocenters. The number of alkyl halides is 1. The Hall–Kier alpha value is -0.870. The Labute approximate surface area is 135 Å². The van der Waals surface area contributed by atoms with E-state index in [1.165, 1.54) is 30.6 Å². The van der Waals surface area contributed by atoms with Crippen molar-refractivity contribution in [1.29, 1.82) is 0 Å². The molecule has 0 saturated heterocycles. The molecule has 0 amide bonds. The first-order valence-electron chi connectivity index (χ1n) is 7.85. The van der Waals surface area contributed by atoms with Crippen molar-refractivity contribution in [2.45, 2.75) is 39.0 Å². The number of aryl methyl sites for hydroxylation is 1. The van der Waals surface area contributed by atoms with Crippen molar-refractivity contribution in [3.8, 4) is 0 Å². The molecule has 0 radical (unpaired) electrons. The monoisotopic (exact) mass is 323 g/mol. The van der Waals surface area contributed by atoms with E-state index in [0.717, 1.165) is 34.9 Å². The lowest BCUT2D eigenvalue weighted by atomic mass is 9.80. The van der Waals surface area contributed by atoms with Crippen molar-refractivity contribution in [3.05, 3.63) is 17.3 Å². The number of nitrogens with one attached hydrogen (secondary N) is 1. The SMILES string of the molecule is CCc1cc2c(NCC3CCCCC3CCl)ncnc2s1. The van der Waals surface area contributed by atoms with E-state index in [2.05, 4.69) is 28.3 Å². The van der Waals surface area contributed by atoms with Crippen LogP contribution < -0.4 is 5.32 Å². The third-order valence-electron chi connectivity index (χ3n) is 4.53. The molecule has 3 rings (SSSR count). The van der Waals surface area contributed by atoms with Crippen molar-refractivity contribution < 1.29 is 0 Å². The molecule has 1 aliphatic carbocycles. The zero-order valence-electron chi connectivity index (χ0n) is 12.4. The third-order valence-corrected chi connectivity index (χ3v) is 6.11. The number of aromatic nitrogens is 2. The Morgan fingerprint density at radius 3 is 2.86 bits per heavy atom. The van der Waals surface area contributed by atoms with Crippen molar-refractivity contribution in [2.75, 3.05) is 17.7 Å². The van der Waals surface area contributed by atoms with E-state index in [0.29, 0.717) is 11.8 Å². The average molecular weight is 324 g/mol. The van der Waals surface area contributed by atoms with E-state index < -0.39 is 0 Å². The van der Waals surface area contributed by atoms with Gasteiger partial charge in [0.1, 0.15) is 17.0 Å². The summed E-state index contributed by atoms with van der Waals surface area (Å²) in [5, 5.41) is 4.72. The smallest absolute Gasteiger partial charge is 0.138 e. The summed E-state index contributed by atoms with van der Waals surface area (Å²) in [6.45, 7) is 3.15. The molecule has 2 heterocycles. The number of fused-ring (bicyclic) bond motifs is 1. The van der Waals surface area contributed by atoms with Gasteiger partial charge >= 0.3 is 0 Å². The normalized spacial score (nSPS) is 22.6. The van der Waals surface area contributed by atoms with Crippen LogP contribution in [0.25, 0.3) is 10.2 Å².